The summed E-state index contributed by atoms with van der Waals surface area (Å²) < 4.78 is 0. The van der Waals surface area contributed by atoms with Gasteiger partial charge in [-0.25, -0.2) is 0 Å². The van der Waals surface area contributed by atoms with Crippen LogP contribution in [-0.2, 0) is 6.54 Å². The van der Waals surface area contributed by atoms with Gasteiger partial charge in [0.25, 0.3) is 11.6 Å². The third-order valence-corrected chi connectivity index (χ3v) is 3.07. The van der Waals surface area contributed by atoms with Gasteiger partial charge in [0.2, 0.25) is 0 Å². The molecule has 0 aliphatic carbocycles. The van der Waals surface area contributed by atoms with Crippen molar-refractivity contribution in [3.63, 3.8) is 0 Å². The fourth-order valence-corrected chi connectivity index (χ4v) is 1.95. The summed E-state index contributed by atoms with van der Waals surface area (Å²) in [5.41, 5.74) is 0.0626. The van der Waals surface area contributed by atoms with Crippen LogP contribution in [0.3, 0.4) is 0 Å². The van der Waals surface area contributed by atoms with Gasteiger partial charge in [0.05, 0.1) is 4.92 Å². The lowest BCUT2D eigenvalue weighted by atomic mass is 10.1. The first kappa shape index (κ1) is 14.8. The third-order valence-electron chi connectivity index (χ3n) is 2.83. The number of nitrogens with one attached hydrogen (secondary N) is 1. The van der Waals surface area contributed by atoms with Gasteiger partial charge in [-0.05, 0) is 18.2 Å². The molecule has 0 spiro atoms. The van der Waals surface area contributed by atoms with Crippen LogP contribution in [0.25, 0.3) is 0 Å². The Morgan fingerprint density at radius 3 is 2.67 bits per heavy atom. The summed E-state index contributed by atoms with van der Waals surface area (Å²) in [6.07, 6.45) is 0. The second-order valence-corrected chi connectivity index (χ2v) is 4.67. The van der Waals surface area contributed by atoms with Crippen molar-refractivity contribution in [2.75, 3.05) is 0 Å². The number of hydrogen-bond donors (Lipinski definition) is 2. The highest BCUT2D eigenvalue weighted by molar-refractivity contribution is 6.31. The summed E-state index contributed by atoms with van der Waals surface area (Å²) in [4.78, 5) is 22.3. The minimum atomic E-state index is -0.648. The quantitative estimate of drug-likeness (QED) is 0.671. The van der Waals surface area contributed by atoms with E-state index in [9.17, 15) is 20.0 Å². The highest BCUT2D eigenvalue weighted by atomic mass is 35.5. The van der Waals surface area contributed by atoms with E-state index in [1.165, 1.54) is 24.3 Å². The number of carbonyl (C=O) groups is 1. The van der Waals surface area contributed by atoms with E-state index in [-0.39, 0.29) is 28.6 Å². The molecule has 2 aromatic rings. The van der Waals surface area contributed by atoms with E-state index in [0.717, 1.165) is 0 Å². The topological polar surface area (TPSA) is 92.5 Å². The largest absolute Gasteiger partial charge is 0.508 e. The number of amides is 1. The maximum absolute atomic E-state index is 12.1. The zero-order chi connectivity index (χ0) is 15.4. The number of phenolic OH excluding ortho intramolecular Hbond substituents is 1. The summed E-state index contributed by atoms with van der Waals surface area (Å²) in [6.45, 7) is 0.0508. The zero-order valence-electron chi connectivity index (χ0n) is 10.7. The minimum Gasteiger partial charge on any atom is -0.508 e. The summed E-state index contributed by atoms with van der Waals surface area (Å²) >= 11 is 5.77. The lowest BCUT2D eigenvalue weighted by Crippen LogP contribution is -2.23. The van der Waals surface area contributed by atoms with E-state index < -0.39 is 10.8 Å². The lowest BCUT2D eigenvalue weighted by Gasteiger charge is -2.07. The normalized spacial score (nSPS) is 10.1. The van der Waals surface area contributed by atoms with Crippen molar-refractivity contribution in [2.45, 2.75) is 6.54 Å². The molecule has 0 atom stereocenters. The number of phenols is 1. The van der Waals surface area contributed by atoms with Gasteiger partial charge < -0.3 is 10.4 Å². The van der Waals surface area contributed by atoms with Gasteiger partial charge in [0.1, 0.15) is 11.3 Å². The summed E-state index contributed by atoms with van der Waals surface area (Å²) in [5.74, 6) is -0.592. The van der Waals surface area contributed by atoms with E-state index in [4.69, 9.17) is 11.6 Å². The number of nitro groups is 1. The Kier molecular flexibility index (Phi) is 4.39. The van der Waals surface area contributed by atoms with Gasteiger partial charge in [-0.3, -0.25) is 14.9 Å². The molecule has 1 amide bonds. The van der Waals surface area contributed by atoms with Crippen molar-refractivity contribution in [2.24, 2.45) is 0 Å². The molecule has 108 valence electrons. The molecule has 2 rings (SSSR count). The van der Waals surface area contributed by atoms with E-state index in [1.807, 2.05) is 0 Å². The number of nitrogens with zero attached hydrogens (tertiary/aromatic N) is 1. The number of hydrogen-bond acceptors (Lipinski definition) is 4. The van der Waals surface area contributed by atoms with Crippen LogP contribution in [0.1, 0.15) is 15.9 Å². The molecule has 7 heteroatoms. The van der Waals surface area contributed by atoms with E-state index >= 15 is 0 Å². The standard InChI is InChI=1S/C14H11ClN2O4/c15-10-5-6-12(17(20)21)11(7-10)14(19)16-8-9-3-1-2-4-13(9)18/h1-7,18H,8H2,(H,16,19). The summed E-state index contributed by atoms with van der Waals surface area (Å²) in [5, 5.41) is 23.3. The smallest absolute Gasteiger partial charge is 0.282 e. The molecule has 2 N–H and O–H groups in total. The van der Waals surface area contributed by atoms with Gasteiger partial charge in [-0.1, -0.05) is 29.8 Å². The molecular weight excluding hydrogens is 296 g/mol. The first-order valence-corrected chi connectivity index (χ1v) is 6.36. The molecule has 0 radical (unpaired) electrons. The number of carbonyl (C=O) groups excluding carboxylic acids is 1. The first-order valence-electron chi connectivity index (χ1n) is 5.98. The maximum Gasteiger partial charge on any atom is 0.282 e. The Hall–Kier alpha value is -2.60. The average Bonchev–Trinajstić information content (AvgIpc) is 2.45. The Balaban J connectivity index is 2.19. The van der Waals surface area contributed by atoms with Crippen LogP contribution in [-0.4, -0.2) is 15.9 Å². The number of nitro benzene ring substituents is 1. The van der Waals surface area contributed by atoms with Gasteiger partial charge in [-0.2, -0.15) is 0 Å². The van der Waals surface area contributed by atoms with Crippen molar-refractivity contribution in [3.8, 4) is 5.75 Å². The van der Waals surface area contributed by atoms with Crippen molar-refractivity contribution in [1.82, 2.24) is 5.32 Å². The SMILES string of the molecule is O=C(NCc1ccccc1O)c1cc(Cl)ccc1[N+](=O)[O-]. The Morgan fingerprint density at radius 2 is 2.00 bits per heavy atom. The second-order valence-electron chi connectivity index (χ2n) is 4.23. The highest BCUT2D eigenvalue weighted by Gasteiger charge is 2.20. The van der Waals surface area contributed by atoms with Gasteiger partial charge in [0, 0.05) is 23.2 Å². The monoisotopic (exact) mass is 306 g/mol. The number of rotatable bonds is 4. The van der Waals surface area contributed by atoms with E-state index in [2.05, 4.69) is 5.32 Å². The van der Waals surface area contributed by atoms with Crippen LogP contribution in [0, 0.1) is 10.1 Å². The Labute approximate surface area is 125 Å². The van der Waals surface area contributed by atoms with Crippen molar-refractivity contribution >= 4 is 23.2 Å². The molecule has 0 aromatic heterocycles. The fraction of sp³-hybridized carbons (Fsp3) is 0.0714. The van der Waals surface area contributed by atoms with Crippen LogP contribution in [0.2, 0.25) is 5.02 Å². The van der Waals surface area contributed by atoms with Crippen LogP contribution in [0.5, 0.6) is 5.75 Å². The average molecular weight is 307 g/mol. The predicted molar refractivity (Wildman–Crippen MR) is 77.4 cm³/mol. The molecule has 0 saturated heterocycles. The van der Waals surface area contributed by atoms with Crippen molar-refractivity contribution < 1.29 is 14.8 Å². The number of benzene rings is 2. The number of aromatic hydroxyl groups is 1. The van der Waals surface area contributed by atoms with Gasteiger partial charge in [-0.15, -0.1) is 0 Å². The molecule has 6 nitrogen and oxygen atoms in total. The molecule has 21 heavy (non-hydrogen) atoms. The molecule has 0 aliphatic rings. The predicted octanol–water partition coefficient (Wildman–Crippen LogP) is 2.88. The Bertz CT molecular complexity index is 703. The van der Waals surface area contributed by atoms with E-state index in [1.54, 1.807) is 18.2 Å². The van der Waals surface area contributed by atoms with Crippen LogP contribution in [0.4, 0.5) is 5.69 Å². The number of halogens is 1. The second kappa shape index (κ2) is 6.23. The fourth-order valence-electron chi connectivity index (χ4n) is 1.78. The molecule has 0 bridgehead atoms. The van der Waals surface area contributed by atoms with Crippen LogP contribution < -0.4 is 5.32 Å². The first-order chi connectivity index (χ1) is 9.99. The van der Waals surface area contributed by atoms with Crippen LogP contribution >= 0.6 is 11.6 Å². The van der Waals surface area contributed by atoms with Gasteiger partial charge in [0.15, 0.2) is 0 Å². The third kappa shape index (κ3) is 3.49. The van der Waals surface area contributed by atoms with E-state index in [0.29, 0.717) is 5.56 Å². The molecule has 0 unspecified atom stereocenters. The molecule has 0 fully saturated rings. The molecular formula is C14H11ClN2O4. The molecule has 0 saturated carbocycles. The Morgan fingerprint density at radius 1 is 1.29 bits per heavy atom. The van der Waals surface area contributed by atoms with Crippen molar-refractivity contribution in [1.29, 1.82) is 0 Å². The lowest BCUT2D eigenvalue weighted by molar-refractivity contribution is -0.385. The van der Waals surface area contributed by atoms with Crippen molar-refractivity contribution in [3.05, 3.63) is 68.7 Å². The summed E-state index contributed by atoms with van der Waals surface area (Å²) in [6, 6.07) is 10.3. The highest BCUT2D eigenvalue weighted by Crippen LogP contribution is 2.23. The van der Waals surface area contributed by atoms with Crippen LogP contribution in [0.15, 0.2) is 42.5 Å². The maximum atomic E-state index is 12.1. The molecule has 2 aromatic carbocycles. The zero-order valence-corrected chi connectivity index (χ0v) is 11.5. The number of para-hydroxylation sites is 1. The molecule has 0 aliphatic heterocycles. The summed E-state index contributed by atoms with van der Waals surface area (Å²) in [7, 11) is 0. The molecule has 0 heterocycles. The van der Waals surface area contributed by atoms with Gasteiger partial charge >= 0.3 is 0 Å². The minimum absolute atomic E-state index is 0.0402.